The normalized spacial score (nSPS) is 15.0. The third kappa shape index (κ3) is 3.45. The molecular weight excluding hydrogens is 359 g/mol. The Balaban J connectivity index is 1.73. The summed E-state index contributed by atoms with van der Waals surface area (Å²) in [6.07, 6.45) is 1.56. The Morgan fingerprint density at radius 3 is 2.50 bits per heavy atom. The number of aliphatic carboxylic acids is 1. The van der Waals surface area contributed by atoms with Gasteiger partial charge in [0.15, 0.2) is 0 Å². The molecule has 0 unspecified atom stereocenters. The standard InChI is InChI=1S/C18H17FN2O4S/c1-10-8-13(20-15(22)11-4-2-5-12(19)9-11)26-14(10)16(23)21-18(17(24)25)6-3-7-18/h2,4-5,8-9H,3,6-7H2,1H3,(H,20,22)(H,21,23)(H,24,25). The highest BCUT2D eigenvalue weighted by molar-refractivity contribution is 7.18. The molecule has 0 aliphatic heterocycles. The van der Waals surface area contributed by atoms with Gasteiger partial charge in [0.05, 0.1) is 9.88 Å². The van der Waals surface area contributed by atoms with E-state index < -0.39 is 29.1 Å². The molecule has 1 aromatic heterocycles. The lowest BCUT2D eigenvalue weighted by atomic mass is 9.76. The predicted octanol–water partition coefficient (Wildman–Crippen LogP) is 3.19. The van der Waals surface area contributed by atoms with Crippen molar-refractivity contribution in [2.75, 3.05) is 5.32 Å². The van der Waals surface area contributed by atoms with Crippen molar-refractivity contribution in [1.29, 1.82) is 0 Å². The molecule has 8 heteroatoms. The Morgan fingerprint density at radius 2 is 1.92 bits per heavy atom. The Kier molecular flexibility index (Phi) is 4.78. The number of rotatable bonds is 5. The van der Waals surface area contributed by atoms with Gasteiger partial charge in [-0.3, -0.25) is 9.59 Å². The highest BCUT2D eigenvalue weighted by atomic mass is 32.1. The first-order valence-electron chi connectivity index (χ1n) is 8.04. The van der Waals surface area contributed by atoms with E-state index in [4.69, 9.17) is 0 Å². The van der Waals surface area contributed by atoms with E-state index >= 15 is 0 Å². The van der Waals surface area contributed by atoms with Gasteiger partial charge in [-0.1, -0.05) is 6.07 Å². The molecular formula is C18H17FN2O4S. The van der Waals surface area contributed by atoms with Gasteiger partial charge in [0.25, 0.3) is 11.8 Å². The van der Waals surface area contributed by atoms with Gasteiger partial charge in [-0.05, 0) is 56.0 Å². The summed E-state index contributed by atoms with van der Waals surface area (Å²) in [5.41, 5.74) is -0.401. The van der Waals surface area contributed by atoms with Crippen molar-refractivity contribution >= 4 is 34.1 Å². The zero-order valence-electron chi connectivity index (χ0n) is 14.0. The van der Waals surface area contributed by atoms with Crippen LogP contribution in [-0.4, -0.2) is 28.4 Å². The van der Waals surface area contributed by atoms with E-state index in [-0.39, 0.29) is 5.56 Å². The molecule has 1 fully saturated rings. The third-order valence-corrected chi connectivity index (χ3v) is 5.57. The van der Waals surface area contributed by atoms with Gasteiger partial charge in [-0.2, -0.15) is 0 Å². The van der Waals surface area contributed by atoms with Gasteiger partial charge < -0.3 is 15.7 Å². The molecule has 6 nitrogen and oxygen atoms in total. The minimum Gasteiger partial charge on any atom is -0.480 e. The van der Waals surface area contributed by atoms with Crippen molar-refractivity contribution < 1.29 is 23.9 Å². The van der Waals surface area contributed by atoms with E-state index in [1.54, 1.807) is 13.0 Å². The number of carboxylic acid groups (broad SMARTS) is 1. The van der Waals surface area contributed by atoms with Gasteiger partial charge in [0.2, 0.25) is 0 Å². The minimum absolute atomic E-state index is 0.168. The number of halogens is 1. The van der Waals surface area contributed by atoms with Crippen LogP contribution in [-0.2, 0) is 4.79 Å². The number of carbonyl (C=O) groups excluding carboxylic acids is 2. The number of carbonyl (C=O) groups is 3. The number of hydrogen-bond donors (Lipinski definition) is 3. The second-order valence-electron chi connectivity index (χ2n) is 6.28. The maximum absolute atomic E-state index is 13.2. The quantitative estimate of drug-likeness (QED) is 0.747. The molecule has 1 aromatic carbocycles. The number of nitrogens with one attached hydrogen (secondary N) is 2. The van der Waals surface area contributed by atoms with Crippen molar-refractivity contribution in [1.82, 2.24) is 5.32 Å². The number of hydrogen-bond acceptors (Lipinski definition) is 4. The van der Waals surface area contributed by atoms with Crippen LogP contribution >= 0.6 is 11.3 Å². The number of aryl methyl sites for hydroxylation is 1. The van der Waals surface area contributed by atoms with Gasteiger partial charge in [-0.15, -0.1) is 11.3 Å². The number of benzene rings is 1. The summed E-state index contributed by atoms with van der Waals surface area (Å²) in [6, 6.07) is 6.92. The lowest BCUT2D eigenvalue weighted by Gasteiger charge is -2.38. The second-order valence-corrected chi connectivity index (χ2v) is 7.33. The highest BCUT2D eigenvalue weighted by Crippen LogP contribution is 2.34. The maximum atomic E-state index is 13.2. The van der Waals surface area contributed by atoms with E-state index in [0.717, 1.165) is 23.8 Å². The molecule has 26 heavy (non-hydrogen) atoms. The van der Waals surface area contributed by atoms with E-state index in [0.29, 0.717) is 28.3 Å². The summed E-state index contributed by atoms with van der Waals surface area (Å²) in [6.45, 7) is 1.71. The van der Waals surface area contributed by atoms with Crippen LogP contribution in [0.5, 0.6) is 0 Å². The molecule has 3 rings (SSSR count). The Labute approximate surface area is 153 Å². The largest absolute Gasteiger partial charge is 0.480 e. The maximum Gasteiger partial charge on any atom is 0.329 e. The van der Waals surface area contributed by atoms with Gasteiger partial charge in [0.1, 0.15) is 11.4 Å². The lowest BCUT2D eigenvalue weighted by molar-refractivity contribution is -0.148. The van der Waals surface area contributed by atoms with Gasteiger partial charge in [-0.25, -0.2) is 9.18 Å². The molecule has 2 aromatic rings. The molecule has 0 radical (unpaired) electrons. The topological polar surface area (TPSA) is 95.5 Å². The molecule has 1 saturated carbocycles. The highest BCUT2D eigenvalue weighted by Gasteiger charge is 2.46. The monoisotopic (exact) mass is 376 g/mol. The molecule has 1 aliphatic carbocycles. The summed E-state index contributed by atoms with van der Waals surface area (Å²) >= 11 is 1.05. The Bertz CT molecular complexity index is 889. The van der Waals surface area contributed by atoms with E-state index in [1.165, 1.54) is 18.2 Å². The SMILES string of the molecule is Cc1cc(NC(=O)c2cccc(F)c2)sc1C(=O)NC1(C(=O)O)CCC1. The van der Waals surface area contributed by atoms with Crippen LogP contribution in [0.3, 0.4) is 0 Å². The predicted molar refractivity (Wildman–Crippen MR) is 95.1 cm³/mol. The first kappa shape index (κ1) is 18.1. The molecule has 0 atom stereocenters. The first-order valence-corrected chi connectivity index (χ1v) is 8.86. The summed E-state index contributed by atoms with van der Waals surface area (Å²) < 4.78 is 13.2. The van der Waals surface area contributed by atoms with Gasteiger partial charge >= 0.3 is 5.97 Å². The third-order valence-electron chi connectivity index (χ3n) is 4.42. The second kappa shape index (κ2) is 6.87. The number of carboxylic acids is 1. The van der Waals surface area contributed by atoms with Crippen molar-refractivity contribution in [3.63, 3.8) is 0 Å². The molecule has 1 heterocycles. The average molecular weight is 376 g/mol. The molecule has 2 amide bonds. The number of amides is 2. The summed E-state index contributed by atoms with van der Waals surface area (Å²) in [5, 5.41) is 15.0. The van der Waals surface area contributed by atoms with Crippen LogP contribution in [0.15, 0.2) is 30.3 Å². The molecule has 0 saturated heterocycles. The molecule has 136 valence electrons. The smallest absolute Gasteiger partial charge is 0.329 e. The van der Waals surface area contributed by atoms with Crippen molar-refractivity contribution in [2.24, 2.45) is 0 Å². The lowest BCUT2D eigenvalue weighted by Crippen LogP contribution is -2.59. The summed E-state index contributed by atoms with van der Waals surface area (Å²) in [5.74, 6) is -2.51. The minimum atomic E-state index is -1.20. The molecule has 0 bridgehead atoms. The van der Waals surface area contributed by atoms with Crippen LogP contribution in [0.4, 0.5) is 9.39 Å². The Morgan fingerprint density at radius 1 is 1.19 bits per heavy atom. The van der Waals surface area contributed by atoms with Crippen LogP contribution in [0.25, 0.3) is 0 Å². The first-order chi connectivity index (χ1) is 12.3. The number of thiophene rings is 1. The van der Waals surface area contributed by atoms with Crippen molar-refractivity contribution in [2.45, 2.75) is 31.7 Å². The van der Waals surface area contributed by atoms with E-state index in [1.807, 2.05) is 0 Å². The fourth-order valence-corrected chi connectivity index (χ4v) is 3.74. The van der Waals surface area contributed by atoms with E-state index in [2.05, 4.69) is 10.6 Å². The zero-order valence-corrected chi connectivity index (χ0v) is 14.8. The van der Waals surface area contributed by atoms with Crippen LogP contribution < -0.4 is 10.6 Å². The molecule has 0 spiro atoms. The van der Waals surface area contributed by atoms with Crippen molar-refractivity contribution in [3.8, 4) is 0 Å². The van der Waals surface area contributed by atoms with Crippen LogP contribution in [0, 0.1) is 12.7 Å². The molecule has 3 N–H and O–H groups in total. The summed E-state index contributed by atoms with van der Waals surface area (Å²) in [4.78, 5) is 36.4. The Hall–Kier alpha value is -2.74. The van der Waals surface area contributed by atoms with Gasteiger partial charge in [0, 0.05) is 5.56 Å². The van der Waals surface area contributed by atoms with Crippen LogP contribution in [0.1, 0.15) is 44.9 Å². The zero-order chi connectivity index (χ0) is 18.9. The fraction of sp³-hybridized carbons (Fsp3) is 0.278. The molecule has 1 aliphatic rings. The summed E-state index contributed by atoms with van der Waals surface area (Å²) in [7, 11) is 0. The van der Waals surface area contributed by atoms with E-state index in [9.17, 15) is 23.9 Å². The number of anilines is 1. The van der Waals surface area contributed by atoms with Crippen molar-refractivity contribution in [3.05, 3.63) is 52.2 Å². The van der Waals surface area contributed by atoms with Crippen LogP contribution in [0.2, 0.25) is 0 Å². The fourth-order valence-electron chi connectivity index (χ4n) is 2.78. The average Bonchev–Trinajstić information content (AvgIpc) is 2.90.